The molecule has 6 nitrogen and oxygen atoms in total. The number of hydrogen-bond donors (Lipinski definition) is 2. The molecule has 0 aliphatic carbocycles. The van der Waals surface area contributed by atoms with Crippen LogP contribution in [0.2, 0.25) is 0 Å². The molecule has 1 rings (SSSR count). The van der Waals surface area contributed by atoms with E-state index in [9.17, 15) is 8.42 Å². The maximum absolute atomic E-state index is 12.2. The Balaban J connectivity index is 2.92. The molecule has 1 atom stereocenters. The molecule has 0 aromatic carbocycles. The van der Waals surface area contributed by atoms with Gasteiger partial charge in [0, 0.05) is 19.5 Å². The quantitative estimate of drug-likeness (QED) is 0.363. The van der Waals surface area contributed by atoms with Crippen molar-refractivity contribution in [3.05, 3.63) is 15.9 Å². The number of sulfonamides is 1. The van der Waals surface area contributed by atoms with Gasteiger partial charge in [0.05, 0.1) is 3.79 Å². The number of oxime groups is 1. The van der Waals surface area contributed by atoms with E-state index in [0.29, 0.717) is 0 Å². The van der Waals surface area contributed by atoms with Crippen LogP contribution in [0.15, 0.2) is 25.3 Å². The van der Waals surface area contributed by atoms with Crippen LogP contribution in [0.1, 0.15) is 13.3 Å². The lowest BCUT2D eigenvalue weighted by molar-refractivity contribution is 0.313. The minimum absolute atomic E-state index is 0.00286. The first-order valence-electron chi connectivity index (χ1n) is 4.98. The normalized spacial score (nSPS) is 15.0. The van der Waals surface area contributed by atoms with Gasteiger partial charge >= 0.3 is 0 Å². The summed E-state index contributed by atoms with van der Waals surface area (Å²) in [6.45, 7) is 1.69. The smallest absolute Gasteiger partial charge is 0.252 e. The Morgan fingerprint density at radius 2 is 2.28 bits per heavy atom. The molecule has 0 saturated heterocycles. The fraction of sp³-hybridized carbons (Fsp3) is 0.444. The molecule has 0 aliphatic heterocycles. The molecule has 1 heterocycles. The summed E-state index contributed by atoms with van der Waals surface area (Å²) >= 11 is 4.37. The van der Waals surface area contributed by atoms with Crippen molar-refractivity contribution in [3.63, 3.8) is 0 Å². The van der Waals surface area contributed by atoms with Crippen LogP contribution in [0.5, 0.6) is 0 Å². The summed E-state index contributed by atoms with van der Waals surface area (Å²) in [5.41, 5.74) is 5.37. The van der Waals surface area contributed by atoms with Gasteiger partial charge in [0.1, 0.15) is 10.0 Å². The third-order valence-corrected chi connectivity index (χ3v) is 6.50. The number of hydrogen-bond acceptors (Lipinski definition) is 5. The molecule has 1 aromatic rings. The standard InChI is InChI=1S/C9H14BrN3O3S2/c1-6(5-8(11)12-14)13(2)18(15,16)9-4-3-7(10)17-9/h3-4,6,14H,5H2,1-2H3,(H2,11,12). The summed E-state index contributed by atoms with van der Waals surface area (Å²) in [5, 5.41) is 11.3. The van der Waals surface area contributed by atoms with Crippen molar-refractivity contribution in [2.24, 2.45) is 10.9 Å². The van der Waals surface area contributed by atoms with Crippen molar-refractivity contribution in [1.29, 1.82) is 0 Å². The van der Waals surface area contributed by atoms with E-state index in [1.807, 2.05) is 0 Å². The van der Waals surface area contributed by atoms with Crippen molar-refractivity contribution < 1.29 is 13.6 Å². The van der Waals surface area contributed by atoms with Crippen molar-refractivity contribution in [2.75, 3.05) is 7.05 Å². The van der Waals surface area contributed by atoms with Gasteiger partial charge in [0.2, 0.25) is 0 Å². The zero-order valence-corrected chi connectivity index (χ0v) is 13.1. The van der Waals surface area contributed by atoms with E-state index in [-0.39, 0.29) is 16.5 Å². The van der Waals surface area contributed by atoms with Gasteiger partial charge in [-0.3, -0.25) is 0 Å². The fourth-order valence-electron chi connectivity index (χ4n) is 1.29. The predicted octanol–water partition coefficient (Wildman–Crippen LogP) is 1.66. The second-order valence-corrected chi connectivity index (χ2v) is 8.41. The van der Waals surface area contributed by atoms with Crippen molar-refractivity contribution >= 4 is 43.1 Å². The van der Waals surface area contributed by atoms with E-state index < -0.39 is 16.1 Å². The van der Waals surface area contributed by atoms with Crippen molar-refractivity contribution in [2.45, 2.75) is 23.6 Å². The lowest BCUT2D eigenvalue weighted by atomic mass is 10.2. The van der Waals surface area contributed by atoms with E-state index in [2.05, 4.69) is 21.1 Å². The Bertz CT molecular complexity index is 541. The molecular formula is C9H14BrN3O3S2. The van der Waals surface area contributed by atoms with E-state index in [4.69, 9.17) is 10.9 Å². The fourth-order valence-corrected chi connectivity index (χ4v) is 4.84. The highest BCUT2D eigenvalue weighted by Gasteiger charge is 2.27. The van der Waals surface area contributed by atoms with Gasteiger partial charge in [-0.1, -0.05) is 5.16 Å². The van der Waals surface area contributed by atoms with Gasteiger partial charge in [-0.05, 0) is 35.0 Å². The van der Waals surface area contributed by atoms with Crippen LogP contribution < -0.4 is 5.73 Å². The highest BCUT2D eigenvalue weighted by molar-refractivity contribution is 9.11. The molecule has 1 unspecified atom stereocenters. The topological polar surface area (TPSA) is 96.0 Å². The van der Waals surface area contributed by atoms with Gasteiger partial charge < -0.3 is 10.9 Å². The SMILES string of the molecule is CC(C/C(N)=N/O)N(C)S(=O)(=O)c1ccc(Br)s1. The van der Waals surface area contributed by atoms with Crippen LogP contribution in [0, 0.1) is 0 Å². The molecule has 9 heteroatoms. The van der Waals surface area contributed by atoms with Gasteiger partial charge in [-0.15, -0.1) is 11.3 Å². The first-order valence-corrected chi connectivity index (χ1v) is 8.03. The molecule has 0 bridgehead atoms. The molecule has 0 spiro atoms. The summed E-state index contributed by atoms with van der Waals surface area (Å²) in [6, 6.07) is 2.82. The Labute approximate surface area is 118 Å². The molecule has 0 fully saturated rings. The lowest BCUT2D eigenvalue weighted by Gasteiger charge is -2.22. The average Bonchev–Trinajstić information content (AvgIpc) is 2.75. The van der Waals surface area contributed by atoms with Crippen molar-refractivity contribution in [3.8, 4) is 0 Å². The first kappa shape index (κ1) is 15.4. The highest BCUT2D eigenvalue weighted by Crippen LogP contribution is 2.28. The van der Waals surface area contributed by atoms with Crippen LogP contribution >= 0.6 is 27.3 Å². The van der Waals surface area contributed by atoms with Gasteiger partial charge in [-0.2, -0.15) is 4.31 Å². The van der Waals surface area contributed by atoms with Crippen LogP contribution in [-0.4, -0.2) is 36.9 Å². The highest BCUT2D eigenvalue weighted by atomic mass is 79.9. The first-order chi connectivity index (χ1) is 8.28. The van der Waals surface area contributed by atoms with Gasteiger partial charge in [0.15, 0.2) is 0 Å². The third kappa shape index (κ3) is 3.44. The minimum atomic E-state index is -3.54. The van der Waals surface area contributed by atoms with E-state index in [0.717, 1.165) is 15.1 Å². The van der Waals surface area contributed by atoms with Crippen LogP contribution in [-0.2, 0) is 10.0 Å². The molecular weight excluding hydrogens is 342 g/mol. The third-order valence-electron chi connectivity index (χ3n) is 2.44. The number of nitrogens with zero attached hydrogens (tertiary/aromatic N) is 2. The minimum Gasteiger partial charge on any atom is -0.409 e. The summed E-state index contributed by atoms with van der Waals surface area (Å²) in [6.07, 6.45) is 0.165. The van der Waals surface area contributed by atoms with Gasteiger partial charge in [0.25, 0.3) is 10.0 Å². The number of rotatable bonds is 5. The maximum atomic E-state index is 12.2. The molecule has 1 aromatic heterocycles. The summed E-state index contributed by atoms with van der Waals surface area (Å²) in [7, 11) is -2.07. The molecule has 0 radical (unpaired) electrons. The maximum Gasteiger partial charge on any atom is 0.252 e. The van der Waals surface area contributed by atoms with E-state index in [1.54, 1.807) is 13.0 Å². The Kier molecular flexibility index (Phi) is 5.14. The Morgan fingerprint density at radius 3 is 2.72 bits per heavy atom. The Morgan fingerprint density at radius 1 is 1.67 bits per heavy atom. The van der Waals surface area contributed by atoms with Crippen molar-refractivity contribution in [1.82, 2.24) is 4.31 Å². The van der Waals surface area contributed by atoms with Crippen LogP contribution in [0.25, 0.3) is 0 Å². The molecule has 0 saturated carbocycles. The molecule has 0 amide bonds. The molecule has 102 valence electrons. The zero-order valence-electron chi connectivity index (χ0n) is 9.87. The second kappa shape index (κ2) is 6.00. The van der Waals surface area contributed by atoms with Gasteiger partial charge in [-0.25, -0.2) is 8.42 Å². The van der Waals surface area contributed by atoms with E-state index >= 15 is 0 Å². The largest absolute Gasteiger partial charge is 0.409 e. The monoisotopic (exact) mass is 355 g/mol. The van der Waals surface area contributed by atoms with Crippen LogP contribution in [0.3, 0.4) is 0 Å². The number of halogens is 1. The summed E-state index contributed by atoms with van der Waals surface area (Å²) in [4.78, 5) is 0. The average molecular weight is 356 g/mol. The number of nitrogens with two attached hydrogens (primary N) is 1. The Hall–Kier alpha value is -0.640. The zero-order chi connectivity index (χ0) is 13.9. The van der Waals surface area contributed by atoms with E-state index in [1.165, 1.54) is 17.4 Å². The summed E-state index contributed by atoms with van der Waals surface area (Å²) in [5.74, 6) is -0.00286. The molecule has 3 N–H and O–H groups in total. The number of amidine groups is 1. The molecule has 18 heavy (non-hydrogen) atoms. The summed E-state index contributed by atoms with van der Waals surface area (Å²) < 4.78 is 26.7. The van der Waals surface area contributed by atoms with Crippen LogP contribution in [0.4, 0.5) is 0 Å². The predicted molar refractivity (Wildman–Crippen MR) is 74.5 cm³/mol. The second-order valence-electron chi connectivity index (χ2n) is 3.72. The number of thiophene rings is 1. The lowest BCUT2D eigenvalue weighted by Crippen LogP contribution is -2.37. The molecule has 0 aliphatic rings.